The van der Waals surface area contributed by atoms with Crippen molar-refractivity contribution in [2.75, 3.05) is 13.2 Å². The number of ether oxygens (including phenoxy) is 2. The van der Waals surface area contributed by atoms with Gasteiger partial charge in [0.25, 0.3) is 0 Å². The van der Waals surface area contributed by atoms with Gasteiger partial charge in [-0.05, 0) is 12.1 Å². The third-order valence-corrected chi connectivity index (χ3v) is 3.75. The molecule has 1 aromatic carbocycles. The lowest BCUT2D eigenvalue weighted by atomic mass is 10.2. The summed E-state index contributed by atoms with van der Waals surface area (Å²) in [4.78, 5) is 0. The van der Waals surface area contributed by atoms with Crippen molar-refractivity contribution in [3.63, 3.8) is 0 Å². The van der Waals surface area contributed by atoms with Crippen LogP contribution in [0.5, 0.6) is 11.5 Å². The van der Waals surface area contributed by atoms with Crippen LogP contribution in [0, 0.1) is 0 Å². The average molecular weight is 269 g/mol. The van der Waals surface area contributed by atoms with Gasteiger partial charge in [-0.25, -0.2) is 0 Å². The molecule has 0 aliphatic carbocycles. The molecule has 2 heterocycles. The third kappa shape index (κ3) is 1.96. The number of hydrogen-bond acceptors (Lipinski definition) is 5. The second kappa shape index (κ2) is 4.50. The van der Waals surface area contributed by atoms with Crippen molar-refractivity contribution in [1.29, 1.82) is 0 Å². The topological polar surface area (TPSA) is 44.2 Å². The fourth-order valence-corrected chi connectivity index (χ4v) is 2.59. The highest BCUT2D eigenvalue weighted by Crippen LogP contribution is 2.40. The maximum Gasteiger partial charge on any atom is 0.171 e. The van der Waals surface area contributed by atoms with Gasteiger partial charge in [0.2, 0.25) is 0 Å². The number of hydrogen-bond donors (Lipinski definition) is 0. The summed E-state index contributed by atoms with van der Waals surface area (Å²) in [6, 6.07) is 5.76. The van der Waals surface area contributed by atoms with Crippen LogP contribution in [0.1, 0.15) is 5.01 Å². The van der Waals surface area contributed by atoms with E-state index in [2.05, 4.69) is 10.2 Å². The Balaban J connectivity index is 2.07. The molecule has 1 aromatic heterocycles. The molecule has 0 amide bonds. The zero-order valence-corrected chi connectivity index (χ0v) is 10.4. The standard InChI is InChI=1S/C11H9ClN2O2S/c12-6-9-13-14-11(17-9)7-2-1-3-8-10(7)16-5-4-15-8/h1-3H,4-6H2. The van der Waals surface area contributed by atoms with Crippen molar-refractivity contribution >= 4 is 22.9 Å². The van der Waals surface area contributed by atoms with Crippen LogP contribution in [0.4, 0.5) is 0 Å². The number of fused-ring (bicyclic) bond motifs is 1. The molecule has 0 spiro atoms. The molecule has 1 aliphatic rings. The van der Waals surface area contributed by atoms with Gasteiger partial charge in [0, 0.05) is 0 Å². The zero-order chi connectivity index (χ0) is 11.7. The highest BCUT2D eigenvalue weighted by molar-refractivity contribution is 7.14. The van der Waals surface area contributed by atoms with Gasteiger partial charge in [-0.2, -0.15) is 0 Å². The number of rotatable bonds is 2. The van der Waals surface area contributed by atoms with Gasteiger partial charge in [0.15, 0.2) is 16.5 Å². The van der Waals surface area contributed by atoms with Crippen LogP contribution in [0.2, 0.25) is 0 Å². The molecule has 0 unspecified atom stereocenters. The molecule has 0 bridgehead atoms. The lowest BCUT2D eigenvalue weighted by Gasteiger charge is -2.19. The predicted molar refractivity (Wildman–Crippen MR) is 65.9 cm³/mol. The molecule has 0 radical (unpaired) electrons. The van der Waals surface area contributed by atoms with Gasteiger partial charge in [0.05, 0.1) is 11.4 Å². The van der Waals surface area contributed by atoms with Gasteiger partial charge in [-0.15, -0.1) is 21.8 Å². The highest BCUT2D eigenvalue weighted by atomic mass is 35.5. The fraction of sp³-hybridized carbons (Fsp3) is 0.273. The van der Waals surface area contributed by atoms with Crippen LogP contribution in [0.25, 0.3) is 10.6 Å². The zero-order valence-electron chi connectivity index (χ0n) is 8.85. The molecule has 0 fully saturated rings. The van der Waals surface area contributed by atoms with Crippen molar-refractivity contribution in [1.82, 2.24) is 10.2 Å². The second-order valence-corrected chi connectivity index (χ2v) is 4.79. The van der Waals surface area contributed by atoms with E-state index in [0.717, 1.165) is 27.1 Å². The smallest absolute Gasteiger partial charge is 0.171 e. The third-order valence-electron chi connectivity index (χ3n) is 2.38. The Bertz CT molecular complexity index is 544. The molecule has 3 rings (SSSR count). The van der Waals surface area contributed by atoms with E-state index in [9.17, 15) is 0 Å². The Morgan fingerprint density at radius 2 is 2.12 bits per heavy atom. The SMILES string of the molecule is ClCc1nnc(-c2cccc3c2OCCO3)s1. The first-order valence-corrected chi connectivity index (χ1v) is 6.51. The molecular weight excluding hydrogens is 260 g/mol. The Labute approximate surface area is 107 Å². The molecule has 6 heteroatoms. The van der Waals surface area contributed by atoms with Crippen LogP contribution < -0.4 is 9.47 Å². The van der Waals surface area contributed by atoms with Crippen molar-refractivity contribution in [3.8, 4) is 22.1 Å². The number of para-hydroxylation sites is 1. The van der Waals surface area contributed by atoms with E-state index in [0.29, 0.717) is 19.1 Å². The van der Waals surface area contributed by atoms with Gasteiger partial charge in [0.1, 0.15) is 18.2 Å². The van der Waals surface area contributed by atoms with E-state index in [1.807, 2.05) is 18.2 Å². The van der Waals surface area contributed by atoms with Crippen LogP contribution in [0.15, 0.2) is 18.2 Å². The molecule has 1 aliphatic heterocycles. The largest absolute Gasteiger partial charge is 0.486 e. The van der Waals surface area contributed by atoms with Gasteiger partial charge in [-0.3, -0.25) is 0 Å². The Kier molecular flexibility index (Phi) is 2.86. The van der Waals surface area contributed by atoms with Crippen LogP contribution >= 0.6 is 22.9 Å². The van der Waals surface area contributed by atoms with Gasteiger partial charge in [-0.1, -0.05) is 17.4 Å². The number of halogens is 1. The number of benzene rings is 1. The molecule has 0 N–H and O–H groups in total. The van der Waals surface area contributed by atoms with Crippen LogP contribution in [-0.4, -0.2) is 23.4 Å². The maximum atomic E-state index is 5.72. The van der Waals surface area contributed by atoms with E-state index in [-0.39, 0.29) is 0 Å². The minimum Gasteiger partial charge on any atom is -0.486 e. The number of alkyl halides is 1. The van der Waals surface area contributed by atoms with Crippen LogP contribution in [-0.2, 0) is 5.88 Å². The summed E-state index contributed by atoms with van der Waals surface area (Å²) in [7, 11) is 0. The highest BCUT2D eigenvalue weighted by Gasteiger charge is 2.19. The predicted octanol–water partition coefficient (Wildman–Crippen LogP) is 2.72. The first kappa shape index (κ1) is 10.8. The molecule has 17 heavy (non-hydrogen) atoms. The van der Waals surface area contributed by atoms with E-state index in [1.54, 1.807) is 0 Å². The van der Waals surface area contributed by atoms with E-state index < -0.39 is 0 Å². The Morgan fingerprint density at radius 3 is 2.94 bits per heavy atom. The molecule has 88 valence electrons. The van der Waals surface area contributed by atoms with Gasteiger partial charge < -0.3 is 9.47 Å². The quantitative estimate of drug-likeness (QED) is 0.786. The lowest BCUT2D eigenvalue weighted by molar-refractivity contribution is 0.172. The number of aromatic nitrogens is 2. The normalized spacial score (nSPS) is 13.7. The first-order valence-electron chi connectivity index (χ1n) is 5.16. The summed E-state index contributed by atoms with van der Waals surface area (Å²) in [6.07, 6.45) is 0. The summed E-state index contributed by atoms with van der Waals surface area (Å²) in [5.74, 6) is 1.89. The first-order chi connectivity index (χ1) is 8.38. The Morgan fingerprint density at radius 1 is 1.24 bits per heavy atom. The van der Waals surface area contributed by atoms with Crippen molar-refractivity contribution in [2.45, 2.75) is 5.88 Å². The minimum absolute atomic E-state index is 0.379. The second-order valence-electron chi connectivity index (χ2n) is 3.46. The molecule has 4 nitrogen and oxygen atoms in total. The summed E-state index contributed by atoms with van der Waals surface area (Å²) in [5, 5.41) is 9.72. The average Bonchev–Trinajstić information content (AvgIpc) is 2.87. The van der Waals surface area contributed by atoms with Crippen molar-refractivity contribution in [3.05, 3.63) is 23.2 Å². The van der Waals surface area contributed by atoms with E-state index >= 15 is 0 Å². The summed E-state index contributed by atoms with van der Waals surface area (Å²) < 4.78 is 11.2. The van der Waals surface area contributed by atoms with Crippen molar-refractivity contribution < 1.29 is 9.47 Å². The van der Waals surface area contributed by atoms with Crippen LogP contribution in [0.3, 0.4) is 0 Å². The van der Waals surface area contributed by atoms with E-state index in [1.165, 1.54) is 11.3 Å². The molecule has 2 aromatic rings. The monoisotopic (exact) mass is 268 g/mol. The molecular formula is C11H9ClN2O2S. The van der Waals surface area contributed by atoms with E-state index in [4.69, 9.17) is 21.1 Å². The molecule has 0 atom stereocenters. The fourth-order valence-electron chi connectivity index (χ4n) is 1.66. The summed E-state index contributed by atoms with van der Waals surface area (Å²) in [5.41, 5.74) is 0.913. The number of nitrogens with zero attached hydrogens (tertiary/aromatic N) is 2. The maximum absolute atomic E-state index is 5.72. The minimum atomic E-state index is 0.379. The summed E-state index contributed by atoms with van der Waals surface area (Å²) in [6.45, 7) is 1.14. The lowest BCUT2D eigenvalue weighted by Crippen LogP contribution is -2.15. The summed E-state index contributed by atoms with van der Waals surface area (Å²) >= 11 is 7.19. The van der Waals surface area contributed by atoms with Gasteiger partial charge >= 0.3 is 0 Å². The molecule has 0 saturated heterocycles. The van der Waals surface area contributed by atoms with Crippen molar-refractivity contribution in [2.24, 2.45) is 0 Å². The molecule has 0 saturated carbocycles. The Hall–Kier alpha value is -1.33.